The first-order valence-electron chi connectivity index (χ1n) is 7.99. The fraction of sp³-hybridized carbons (Fsp3) is 0.190. The Hall–Kier alpha value is -2.81. The van der Waals surface area contributed by atoms with Gasteiger partial charge >= 0.3 is 5.63 Å². The summed E-state index contributed by atoms with van der Waals surface area (Å²) >= 11 is 0. The summed E-state index contributed by atoms with van der Waals surface area (Å²) in [7, 11) is 0. The van der Waals surface area contributed by atoms with Crippen LogP contribution in [0.15, 0.2) is 50.0 Å². The van der Waals surface area contributed by atoms with Crippen LogP contribution in [0.3, 0.4) is 0 Å². The number of rotatable bonds is 1. The van der Waals surface area contributed by atoms with Gasteiger partial charge in [0, 0.05) is 28.0 Å². The van der Waals surface area contributed by atoms with Gasteiger partial charge in [-0.25, -0.2) is 4.79 Å². The topological polar surface area (TPSA) is 43.4 Å². The van der Waals surface area contributed by atoms with Crippen LogP contribution in [-0.2, 0) is 0 Å². The summed E-state index contributed by atoms with van der Waals surface area (Å²) < 4.78 is 11.5. The van der Waals surface area contributed by atoms with Crippen molar-refractivity contribution in [3.8, 4) is 11.3 Å². The average Bonchev–Trinajstić information content (AvgIpc) is 2.85. The van der Waals surface area contributed by atoms with Crippen LogP contribution in [0.25, 0.3) is 33.3 Å². The van der Waals surface area contributed by atoms with Gasteiger partial charge in [-0.1, -0.05) is 11.6 Å². The van der Waals surface area contributed by atoms with E-state index in [9.17, 15) is 4.79 Å². The van der Waals surface area contributed by atoms with Crippen molar-refractivity contribution in [2.24, 2.45) is 0 Å². The highest BCUT2D eigenvalue weighted by Crippen LogP contribution is 2.37. The molecule has 4 aromatic rings. The molecule has 3 heteroatoms. The Labute approximate surface area is 139 Å². The zero-order valence-electron chi connectivity index (χ0n) is 14.2. The van der Waals surface area contributed by atoms with Crippen LogP contribution >= 0.6 is 0 Å². The molecule has 0 aliphatic rings. The maximum absolute atomic E-state index is 12.0. The smallest absolute Gasteiger partial charge is 0.336 e. The first kappa shape index (κ1) is 14.8. The minimum atomic E-state index is -0.364. The van der Waals surface area contributed by atoms with Crippen LogP contribution in [0.2, 0.25) is 0 Å². The van der Waals surface area contributed by atoms with E-state index in [0.29, 0.717) is 5.58 Å². The summed E-state index contributed by atoms with van der Waals surface area (Å²) in [5, 5.41) is 1.98. The molecule has 0 aliphatic carbocycles. The molecule has 0 aliphatic heterocycles. The van der Waals surface area contributed by atoms with Crippen LogP contribution in [0, 0.1) is 27.7 Å². The van der Waals surface area contributed by atoms with E-state index in [1.54, 1.807) is 0 Å². The van der Waals surface area contributed by atoms with Crippen molar-refractivity contribution < 1.29 is 8.83 Å². The molecular weight excluding hydrogens is 300 g/mol. The number of hydrogen-bond acceptors (Lipinski definition) is 3. The summed E-state index contributed by atoms with van der Waals surface area (Å²) in [6.45, 7) is 8.15. The van der Waals surface area contributed by atoms with Gasteiger partial charge in [0.05, 0.1) is 0 Å². The zero-order valence-corrected chi connectivity index (χ0v) is 14.2. The van der Waals surface area contributed by atoms with Crippen molar-refractivity contribution in [3.63, 3.8) is 0 Å². The minimum Gasteiger partial charge on any atom is -0.456 e. The Balaban J connectivity index is 2.11. The van der Waals surface area contributed by atoms with Crippen LogP contribution in [0.5, 0.6) is 0 Å². The van der Waals surface area contributed by atoms with E-state index in [0.717, 1.165) is 44.4 Å². The molecule has 2 heterocycles. The van der Waals surface area contributed by atoms with E-state index in [4.69, 9.17) is 8.83 Å². The lowest BCUT2D eigenvalue weighted by Gasteiger charge is -2.07. The van der Waals surface area contributed by atoms with Crippen LogP contribution in [-0.4, -0.2) is 0 Å². The predicted octanol–water partition coefficient (Wildman–Crippen LogP) is 5.44. The largest absolute Gasteiger partial charge is 0.456 e. The number of fused-ring (bicyclic) bond motifs is 2. The highest BCUT2D eigenvalue weighted by atomic mass is 16.4. The SMILES string of the molecule is Cc1ccc2oc(-c3cc(=O)oc4cc(C)c(C)cc34)c(C)c2c1. The second-order valence-electron chi connectivity index (χ2n) is 6.47. The van der Waals surface area contributed by atoms with Crippen LogP contribution in [0.4, 0.5) is 0 Å². The van der Waals surface area contributed by atoms with Crippen LogP contribution < -0.4 is 5.63 Å². The van der Waals surface area contributed by atoms with E-state index in [1.165, 1.54) is 11.6 Å². The van der Waals surface area contributed by atoms with Gasteiger partial charge in [0.2, 0.25) is 0 Å². The minimum absolute atomic E-state index is 0.364. The van der Waals surface area contributed by atoms with Gasteiger partial charge in [0.15, 0.2) is 0 Å². The molecule has 4 rings (SSSR count). The maximum Gasteiger partial charge on any atom is 0.336 e. The monoisotopic (exact) mass is 318 g/mol. The second kappa shape index (κ2) is 5.10. The van der Waals surface area contributed by atoms with E-state index in [2.05, 4.69) is 26.0 Å². The molecule has 0 saturated carbocycles. The van der Waals surface area contributed by atoms with Crippen molar-refractivity contribution in [2.45, 2.75) is 27.7 Å². The van der Waals surface area contributed by atoms with Crippen molar-refractivity contribution in [1.29, 1.82) is 0 Å². The number of hydrogen-bond donors (Lipinski definition) is 0. The summed E-state index contributed by atoms with van der Waals surface area (Å²) in [5.74, 6) is 0.733. The molecule has 24 heavy (non-hydrogen) atoms. The Morgan fingerprint density at radius 3 is 2.29 bits per heavy atom. The first-order chi connectivity index (χ1) is 11.4. The second-order valence-corrected chi connectivity index (χ2v) is 6.47. The van der Waals surface area contributed by atoms with Crippen molar-refractivity contribution >= 4 is 21.9 Å². The third kappa shape index (κ3) is 2.16. The van der Waals surface area contributed by atoms with Crippen molar-refractivity contribution in [2.75, 3.05) is 0 Å². The fourth-order valence-electron chi connectivity index (χ4n) is 3.20. The molecule has 0 radical (unpaired) electrons. The Bertz CT molecular complexity index is 1160. The molecule has 3 nitrogen and oxygen atoms in total. The quantitative estimate of drug-likeness (QED) is 0.439. The molecule has 0 atom stereocenters. The summed E-state index contributed by atoms with van der Waals surface area (Å²) in [6.07, 6.45) is 0. The van der Waals surface area contributed by atoms with Crippen molar-refractivity contribution in [1.82, 2.24) is 0 Å². The average molecular weight is 318 g/mol. The van der Waals surface area contributed by atoms with Gasteiger partial charge in [0.1, 0.15) is 16.9 Å². The molecular formula is C21H18O3. The van der Waals surface area contributed by atoms with Gasteiger partial charge in [0.25, 0.3) is 0 Å². The van der Waals surface area contributed by atoms with Crippen molar-refractivity contribution in [3.05, 3.63) is 69.1 Å². The fourth-order valence-corrected chi connectivity index (χ4v) is 3.20. The van der Waals surface area contributed by atoms with Gasteiger partial charge in [-0.2, -0.15) is 0 Å². The summed E-state index contributed by atoms with van der Waals surface area (Å²) in [5.41, 5.74) is 6.32. The lowest BCUT2D eigenvalue weighted by molar-refractivity contribution is 0.559. The van der Waals surface area contributed by atoms with E-state index >= 15 is 0 Å². The van der Waals surface area contributed by atoms with Gasteiger partial charge < -0.3 is 8.83 Å². The molecule has 2 aromatic carbocycles. The Morgan fingerprint density at radius 1 is 0.750 bits per heavy atom. The van der Waals surface area contributed by atoms with E-state index < -0.39 is 0 Å². The van der Waals surface area contributed by atoms with Gasteiger partial charge in [-0.15, -0.1) is 0 Å². The molecule has 0 fully saturated rings. The standard InChI is InChI=1S/C21H18O3/c1-11-5-6-18-15(7-11)14(4)21(24-18)17-10-20(22)23-19-9-13(3)12(2)8-16(17)19/h5-10H,1-4H3. The molecule has 120 valence electrons. The lowest BCUT2D eigenvalue weighted by Crippen LogP contribution is -1.99. The highest BCUT2D eigenvalue weighted by molar-refractivity contribution is 5.97. The van der Waals surface area contributed by atoms with Crippen LogP contribution in [0.1, 0.15) is 22.3 Å². The van der Waals surface area contributed by atoms with Gasteiger partial charge in [-0.3, -0.25) is 0 Å². The number of furan rings is 1. The number of aryl methyl sites for hydroxylation is 4. The maximum atomic E-state index is 12.0. The van der Waals surface area contributed by atoms with E-state index in [-0.39, 0.29) is 5.63 Å². The molecule has 0 spiro atoms. The Morgan fingerprint density at radius 2 is 1.50 bits per heavy atom. The zero-order chi connectivity index (χ0) is 17.0. The Kier molecular flexibility index (Phi) is 3.14. The predicted molar refractivity (Wildman–Crippen MR) is 96.6 cm³/mol. The first-order valence-corrected chi connectivity index (χ1v) is 7.99. The lowest BCUT2D eigenvalue weighted by atomic mass is 10.00. The molecule has 0 unspecified atom stereocenters. The molecule has 0 N–H and O–H groups in total. The van der Waals surface area contributed by atoms with E-state index in [1.807, 2.05) is 32.0 Å². The molecule has 2 aromatic heterocycles. The third-order valence-corrected chi connectivity index (χ3v) is 4.70. The normalized spacial score (nSPS) is 11.5. The third-order valence-electron chi connectivity index (χ3n) is 4.70. The molecule has 0 amide bonds. The molecule has 0 saturated heterocycles. The summed E-state index contributed by atoms with van der Waals surface area (Å²) in [4.78, 5) is 12.0. The number of benzene rings is 2. The highest BCUT2D eigenvalue weighted by Gasteiger charge is 2.17. The summed E-state index contributed by atoms with van der Waals surface area (Å²) in [6, 6.07) is 11.6. The molecule has 0 bridgehead atoms. The van der Waals surface area contributed by atoms with Gasteiger partial charge in [-0.05, 0) is 63.1 Å².